The third-order valence-corrected chi connectivity index (χ3v) is 2.80. The molecule has 5 nitrogen and oxygen atoms in total. The van der Waals surface area contributed by atoms with Gasteiger partial charge in [-0.1, -0.05) is 0 Å². The van der Waals surface area contributed by atoms with Crippen molar-refractivity contribution in [3.8, 4) is 0 Å². The van der Waals surface area contributed by atoms with Crippen molar-refractivity contribution in [3.05, 3.63) is 12.2 Å². The molecule has 0 bridgehead atoms. The van der Waals surface area contributed by atoms with Crippen LogP contribution in [-0.2, 0) is 6.54 Å². The second-order valence-corrected chi connectivity index (χ2v) is 3.88. The van der Waals surface area contributed by atoms with Gasteiger partial charge in [-0.05, 0) is 33.0 Å². The number of hydrogen-bond donors (Lipinski definition) is 1. The Morgan fingerprint density at radius 2 is 2.21 bits per heavy atom. The van der Waals surface area contributed by atoms with Gasteiger partial charge in [-0.15, -0.1) is 0 Å². The highest BCUT2D eigenvalue weighted by Gasteiger charge is 2.18. The zero-order valence-corrected chi connectivity index (χ0v) is 8.56. The summed E-state index contributed by atoms with van der Waals surface area (Å²) in [6, 6.07) is 0.513. The Balaban J connectivity index is 2.01. The van der Waals surface area contributed by atoms with Gasteiger partial charge in [-0.2, -0.15) is 5.10 Å². The van der Waals surface area contributed by atoms with Gasteiger partial charge in [0, 0.05) is 0 Å². The van der Waals surface area contributed by atoms with E-state index < -0.39 is 0 Å². The van der Waals surface area contributed by atoms with E-state index in [1.807, 2.05) is 4.68 Å². The number of nitrogens with two attached hydrogens (primary N) is 1. The Hall–Kier alpha value is -0.940. The van der Waals surface area contributed by atoms with Crippen LogP contribution in [0.15, 0.2) is 6.33 Å². The maximum atomic E-state index is 5.47. The van der Waals surface area contributed by atoms with E-state index in [9.17, 15) is 0 Å². The number of piperidine rings is 1. The van der Waals surface area contributed by atoms with E-state index in [0.717, 1.165) is 31.8 Å². The van der Waals surface area contributed by atoms with Crippen molar-refractivity contribution in [1.82, 2.24) is 19.7 Å². The molecular weight excluding hydrogens is 178 g/mol. The number of aromatic nitrogens is 3. The molecule has 1 aliphatic heterocycles. The summed E-state index contributed by atoms with van der Waals surface area (Å²) < 4.78 is 1.97. The van der Waals surface area contributed by atoms with Crippen LogP contribution in [0.1, 0.15) is 24.7 Å². The lowest BCUT2D eigenvalue weighted by atomic mass is 10.1. The van der Waals surface area contributed by atoms with Crippen molar-refractivity contribution in [3.63, 3.8) is 0 Å². The molecule has 1 aliphatic rings. The van der Waals surface area contributed by atoms with Gasteiger partial charge in [-0.3, -0.25) is 0 Å². The average Bonchev–Trinajstić information content (AvgIpc) is 2.67. The summed E-state index contributed by atoms with van der Waals surface area (Å²) in [5.74, 6) is 0.740. The van der Waals surface area contributed by atoms with Gasteiger partial charge in [0.05, 0.1) is 12.6 Å². The monoisotopic (exact) mass is 195 g/mol. The average molecular weight is 195 g/mol. The van der Waals surface area contributed by atoms with Gasteiger partial charge in [0.2, 0.25) is 0 Å². The van der Waals surface area contributed by atoms with Gasteiger partial charge in [0.1, 0.15) is 6.33 Å². The minimum atomic E-state index is 0.430. The van der Waals surface area contributed by atoms with Crippen molar-refractivity contribution in [2.75, 3.05) is 20.1 Å². The van der Waals surface area contributed by atoms with Crippen LogP contribution in [0.3, 0.4) is 0 Å². The van der Waals surface area contributed by atoms with E-state index in [1.165, 1.54) is 0 Å². The van der Waals surface area contributed by atoms with Crippen LogP contribution in [0.2, 0.25) is 0 Å². The highest BCUT2D eigenvalue weighted by Crippen LogP contribution is 2.20. The third kappa shape index (κ3) is 1.93. The van der Waals surface area contributed by atoms with Crippen molar-refractivity contribution < 1.29 is 0 Å². The number of rotatable bonds is 2. The lowest BCUT2D eigenvalue weighted by Crippen LogP contribution is -2.31. The van der Waals surface area contributed by atoms with Gasteiger partial charge in [0.25, 0.3) is 0 Å². The van der Waals surface area contributed by atoms with Crippen molar-refractivity contribution >= 4 is 0 Å². The number of nitrogens with zero attached hydrogens (tertiary/aromatic N) is 4. The van der Waals surface area contributed by atoms with Crippen LogP contribution >= 0.6 is 0 Å². The van der Waals surface area contributed by atoms with Gasteiger partial charge in [0.15, 0.2) is 5.82 Å². The smallest absolute Gasteiger partial charge is 0.164 e. The maximum absolute atomic E-state index is 5.47. The molecule has 0 amide bonds. The Labute approximate surface area is 83.9 Å². The fourth-order valence-electron chi connectivity index (χ4n) is 1.84. The molecule has 0 saturated carbocycles. The molecule has 0 radical (unpaired) electrons. The van der Waals surface area contributed by atoms with Crippen molar-refractivity contribution in [1.29, 1.82) is 0 Å². The molecule has 0 spiro atoms. The van der Waals surface area contributed by atoms with Gasteiger partial charge in [-0.25, -0.2) is 9.67 Å². The van der Waals surface area contributed by atoms with E-state index in [4.69, 9.17) is 5.73 Å². The first kappa shape index (κ1) is 9.61. The van der Waals surface area contributed by atoms with Gasteiger partial charge < -0.3 is 10.6 Å². The van der Waals surface area contributed by atoms with Crippen molar-refractivity contribution in [2.45, 2.75) is 25.4 Å². The first-order chi connectivity index (χ1) is 6.79. The molecule has 0 atom stereocenters. The highest BCUT2D eigenvalue weighted by atomic mass is 15.4. The standard InChI is InChI=1S/C9H17N5/c1-13-4-2-8(3-5-13)14-7-11-9(6-10)12-14/h7-8H,2-6,10H2,1H3. The number of likely N-dealkylation sites (tertiary alicyclic amines) is 1. The molecule has 1 saturated heterocycles. The summed E-state index contributed by atoms with van der Waals surface area (Å²) in [6.45, 7) is 2.71. The fourth-order valence-corrected chi connectivity index (χ4v) is 1.84. The molecule has 5 heteroatoms. The molecule has 2 rings (SSSR count). The van der Waals surface area contributed by atoms with Crippen LogP contribution in [0.5, 0.6) is 0 Å². The Kier molecular flexibility index (Phi) is 2.79. The quantitative estimate of drug-likeness (QED) is 0.722. The van der Waals surface area contributed by atoms with Gasteiger partial charge >= 0.3 is 0 Å². The molecule has 1 fully saturated rings. The molecule has 0 aromatic carbocycles. The lowest BCUT2D eigenvalue weighted by molar-refractivity contribution is 0.212. The molecule has 14 heavy (non-hydrogen) atoms. The zero-order chi connectivity index (χ0) is 9.97. The summed E-state index contributed by atoms with van der Waals surface area (Å²) in [7, 11) is 2.16. The molecule has 2 N–H and O–H groups in total. The molecular formula is C9H17N5. The van der Waals surface area contributed by atoms with Crippen LogP contribution in [-0.4, -0.2) is 39.8 Å². The van der Waals surface area contributed by atoms with Crippen LogP contribution in [0, 0.1) is 0 Å². The van der Waals surface area contributed by atoms with E-state index >= 15 is 0 Å². The SMILES string of the molecule is CN1CCC(n2cnc(CN)n2)CC1. The Morgan fingerprint density at radius 3 is 2.79 bits per heavy atom. The molecule has 2 heterocycles. The number of hydrogen-bond acceptors (Lipinski definition) is 4. The summed E-state index contributed by atoms with van der Waals surface area (Å²) in [4.78, 5) is 6.49. The summed E-state index contributed by atoms with van der Waals surface area (Å²) in [5, 5.41) is 4.34. The van der Waals surface area contributed by atoms with Crippen LogP contribution in [0.4, 0.5) is 0 Å². The first-order valence-corrected chi connectivity index (χ1v) is 5.08. The topological polar surface area (TPSA) is 60.0 Å². The maximum Gasteiger partial charge on any atom is 0.164 e. The highest BCUT2D eigenvalue weighted by molar-refractivity contribution is 4.83. The minimum Gasteiger partial charge on any atom is -0.324 e. The third-order valence-electron chi connectivity index (χ3n) is 2.80. The fraction of sp³-hybridized carbons (Fsp3) is 0.778. The van der Waals surface area contributed by atoms with E-state index in [2.05, 4.69) is 22.0 Å². The van der Waals surface area contributed by atoms with E-state index in [0.29, 0.717) is 12.6 Å². The summed E-state index contributed by atoms with van der Waals surface area (Å²) >= 11 is 0. The first-order valence-electron chi connectivity index (χ1n) is 5.08. The molecule has 0 aliphatic carbocycles. The van der Waals surface area contributed by atoms with Crippen LogP contribution < -0.4 is 5.73 Å². The predicted molar refractivity (Wildman–Crippen MR) is 53.7 cm³/mol. The van der Waals surface area contributed by atoms with E-state index in [-0.39, 0.29) is 0 Å². The molecule has 78 valence electrons. The Morgan fingerprint density at radius 1 is 1.50 bits per heavy atom. The minimum absolute atomic E-state index is 0.430. The molecule has 1 aromatic heterocycles. The largest absolute Gasteiger partial charge is 0.324 e. The zero-order valence-electron chi connectivity index (χ0n) is 8.56. The second-order valence-electron chi connectivity index (χ2n) is 3.88. The normalized spacial score (nSPS) is 20.1. The predicted octanol–water partition coefficient (Wildman–Crippen LogP) is 0.00350. The molecule has 1 aromatic rings. The van der Waals surface area contributed by atoms with Crippen LogP contribution in [0.25, 0.3) is 0 Å². The summed E-state index contributed by atoms with van der Waals surface area (Å²) in [6.07, 6.45) is 4.12. The van der Waals surface area contributed by atoms with Crippen molar-refractivity contribution in [2.24, 2.45) is 5.73 Å². The summed E-state index contributed by atoms with van der Waals surface area (Å²) in [5.41, 5.74) is 5.47. The lowest BCUT2D eigenvalue weighted by Gasteiger charge is -2.28. The Bertz CT molecular complexity index is 287. The molecule has 0 unspecified atom stereocenters. The second kappa shape index (κ2) is 4.06. The van der Waals surface area contributed by atoms with E-state index in [1.54, 1.807) is 6.33 Å².